The summed E-state index contributed by atoms with van der Waals surface area (Å²) in [4.78, 5) is 34.6. The standard InChI is InChI=1S/C18H17BrN4O2S/c19-12-6-7-15-14(10-12)17(25)23(18(26)22-15)9-3-5-16(24)21-11-13-4-1-2-8-20-13/h1-2,4,6-8,10,14H,3,5,9,11H2,(H,21,24). The highest BCUT2D eigenvalue weighted by atomic mass is 79.9. The molecule has 1 N–H and O–H groups in total. The second kappa shape index (κ2) is 8.46. The van der Waals surface area contributed by atoms with Crippen LogP contribution >= 0.6 is 28.1 Å². The number of halogens is 1. The molecule has 26 heavy (non-hydrogen) atoms. The van der Waals surface area contributed by atoms with Gasteiger partial charge in [-0.3, -0.25) is 19.5 Å². The molecule has 1 aromatic heterocycles. The van der Waals surface area contributed by atoms with Gasteiger partial charge in [0.25, 0.3) is 0 Å². The van der Waals surface area contributed by atoms with Crippen LogP contribution in [-0.4, -0.2) is 39.1 Å². The van der Waals surface area contributed by atoms with Crippen molar-refractivity contribution in [1.82, 2.24) is 15.2 Å². The Bertz CT molecular complexity index is 820. The van der Waals surface area contributed by atoms with Gasteiger partial charge in [-0.05, 0) is 42.9 Å². The number of pyridine rings is 1. The van der Waals surface area contributed by atoms with E-state index in [1.54, 1.807) is 12.3 Å². The molecule has 0 radical (unpaired) electrons. The number of carbonyl (C=O) groups excluding carboxylic acids is 2. The van der Waals surface area contributed by atoms with E-state index in [-0.39, 0.29) is 16.9 Å². The number of thiocarbonyl (C=S) groups is 1. The summed E-state index contributed by atoms with van der Waals surface area (Å²) >= 11 is 8.62. The maximum atomic E-state index is 12.7. The van der Waals surface area contributed by atoms with Crippen molar-refractivity contribution in [1.29, 1.82) is 0 Å². The van der Waals surface area contributed by atoms with E-state index in [0.29, 0.717) is 31.6 Å². The summed E-state index contributed by atoms with van der Waals surface area (Å²) in [5, 5.41) is 3.08. The third kappa shape index (κ3) is 4.50. The maximum absolute atomic E-state index is 12.7. The number of carbonyl (C=O) groups is 2. The summed E-state index contributed by atoms with van der Waals surface area (Å²) in [5.74, 6) is -0.604. The largest absolute Gasteiger partial charge is 0.350 e. The van der Waals surface area contributed by atoms with Crippen molar-refractivity contribution in [3.8, 4) is 0 Å². The fraction of sp³-hybridized carbons (Fsp3) is 0.278. The van der Waals surface area contributed by atoms with Crippen molar-refractivity contribution in [2.75, 3.05) is 6.54 Å². The highest BCUT2D eigenvalue weighted by molar-refractivity contribution is 9.11. The Labute approximate surface area is 165 Å². The zero-order chi connectivity index (χ0) is 18.5. The summed E-state index contributed by atoms with van der Waals surface area (Å²) in [6, 6.07) is 5.55. The number of allylic oxidation sites excluding steroid dienone is 3. The molecule has 0 saturated carbocycles. The smallest absolute Gasteiger partial charge is 0.241 e. The summed E-state index contributed by atoms with van der Waals surface area (Å²) in [5.41, 5.74) is 1.46. The van der Waals surface area contributed by atoms with E-state index in [9.17, 15) is 9.59 Å². The number of aliphatic imine (C=N–C) groups is 1. The van der Waals surface area contributed by atoms with Gasteiger partial charge in [0, 0.05) is 23.6 Å². The first-order valence-corrected chi connectivity index (χ1v) is 9.40. The summed E-state index contributed by atoms with van der Waals surface area (Å²) in [6.07, 6.45) is 7.95. The van der Waals surface area contributed by atoms with Gasteiger partial charge >= 0.3 is 0 Å². The number of nitrogens with one attached hydrogen (secondary N) is 1. The van der Waals surface area contributed by atoms with Crippen molar-refractivity contribution >= 4 is 50.8 Å². The lowest BCUT2D eigenvalue weighted by Gasteiger charge is -2.30. The van der Waals surface area contributed by atoms with Crippen LogP contribution in [0.15, 0.2) is 52.1 Å². The lowest BCUT2D eigenvalue weighted by molar-refractivity contribution is -0.129. The van der Waals surface area contributed by atoms with Crippen LogP contribution in [0.2, 0.25) is 0 Å². The van der Waals surface area contributed by atoms with Gasteiger partial charge in [0.1, 0.15) is 5.92 Å². The van der Waals surface area contributed by atoms with E-state index < -0.39 is 5.92 Å². The summed E-state index contributed by atoms with van der Waals surface area (Å²) in [7, 11) is 0. The fourth-order valence-electron chi connectivity index (χ4n) is 2.69. The molecule has 0 spiro atoms. The normalized spacial score (nSPS) is 19.0. The Kier molecular flexibility index (Phi) is 6.05. The monoisotopic (exact) mass is 432 g/mol. The lowest BCUT2D eigenvalue weighted by Crippen LogP contribution is -2.46. The molecule has 1 aliphatic carbocycles. The van der Waals surface area contributed by atoms with E-state index in [0.717, 1.165) is 10.2 Å². The third-order valence-corrected chi connectivity index (χ3v) is 4.86. The van der Waals surface area contributed by atoms with Crippen LogP contribution in [0.25, 0.3) is 0 Å². The van der Waals surface area contributed by atoms with Crippen LogP contribution in [0, 0.1) is 5.92 Å². The first-order valence-electron chi connectivity index (χ1n) is 8.20. The predicted octanol–water partition coefficient (Wildman–Crippen LogP) is 2.51. The van der Waals surface area contributed by atoms with Crippen LogP contribution in [0.3, 0.4) is 0 Å². The molecule has 1 aliphatic heterocycles. The summed E-state index contributed by atoms with van der Waals surface area (Å²) in [6.45, 7) is 0.763. The quantitative estimate of drug-likeness (QED) is 0.700. The van der Waals surface area contributed by atoms with Crippen LogP contribution < -0.4 is 5.32 Å². The molecule has 2 amide bonds. The number of hydrogen-bond acceptors (Lipinski definition) is 4. The maximum Gasteiger partial charge on any atom is 0.241 e. The van der Waals surface area contributed by atoms with Gasteiger partial charge in [-0.15, -0.1) is 0 Å². The van der Waals surface area contributed by atoms with Crippen LogP contribution in [0.1, 0.15) is 18.5 Å². The number of hydrogen-bond donors (Lipinski definition) is 1. The Morgan fingerprint density at radius 1 is 1.35 bits per heavy atom. The molecule has 1 aromatic rings. The number of amides is 2. The second-order valence-electron chi connectivity index (χ2n) is 5.87. The molecule has 1 atom stereocenters. The van der Waals surface area contributed by atoms with Gasteiger partial charge in [0.2, 0.25) is 16.9 Å². The molecule has 8 heteroatoms. The molecule has 0 aromatic carbocycles. The molecular weight excluding hydrogens is 416 g/mol. The van der Waals surface area contributed by atoms with E-state index in [1.165, 1.54) is 4.90 Å². The molecule has 0 saturated heterocycles. The van der Waals surface area contributed by atoms with E-state index in [4.69, 9.17) is 12.2 Å². The van der Waals surface area contributed by atoms with Gasteiger partial charge in [-0.25, -0.2) is 4.99 Å². The molecule has 0 fully saturated rings. The Balaban J connectivity index is 1.49. The molecule has 2 heterocycles. The number of fused-ring (bicyclic) bond motifs is 1. The molecule has 1 unspecified atom stereocenters. The number of rotatable bonds is 6. The first-order chi connectivity index (χ1) is 12.5. The van der Waals surface area contributed by atoms with Crippen molar-refractivity contribution < 1.29 is 9.59 Å². The van der Waals surface area contributed by atoms with Crippen LogP contribution in [0.5, 0.6) is 0 Å². The highest BCUT2D eigenvalue weighted by Crippen LogP contribution is 2.25. The Morgan fingerprint density at radius 3 is 2.96 bits per heavy atom. The molecule has 134 valence electrons. The van der Waals surface area contributed by atoms with Gasteiger partial charge in [-0.2, -0.15) is 0 Å². The van der Waals surface area contributed by atoms with E-state index in [1.807, 2.05) is 30.4 Å². The Hall–Kier alpha value is -2.19. The highest BCUT2D eigenvalue weighted by Gasteiger charge is 2.34. The van der Waals surface area contributed by atoms with Crippen molar-refractivity contribution in [3.05, 3.63) is 52.8 Å². The molecule has 0 bridgehead atoms. The van der Waals surface area contributed by atoms with Crippen LogP contribution in [0.4, 0.5) is 0 Å². The van der Waals surface area contributed by atoms with Crippen molar-refractivity contribution in [2.45, 2.75) is 19.4 Å². The topological polar surface area (TPSA) is 74.7 Å². The zero-order valence-electron chi connectivity index (χ0n) is 13.9. The van der Waals surface area contributed by atoms with Crippen molar-refractivity contribution in [3.63, 3.8) is 0 Å². The molecular formula is C18H17BrN4O2S. The SMILES string of the molecule is O=C(CCCN1C(=O)C2C=C(Br)C=CC2=NC1=S)NCc1ccccn1. The molecule has 6 nitrogen and oxygen atoms in total. The second-order valence-corrected chi connectivity index (χ2v) is 7.15. The van der Waals surface area contributed by atoms with Crippen LogP contribution in [-0.2, 0) is 16.1 Å². The minimum atomic E-state index is -0.418. The Morgan fingerprint density at radius 2 is 2.19 bits per heavy atom. The van der Waals surface area contributed by atoms with E-state index in [2.05, 4.69) is 31.2 Å². The molecule has 2 aliphatic rings. The minimum absolute atomic E-state index is 0.0848. The average Bonchev–Trinajstić information content (AvgIpc) is 2.64. The first kappa shape index (κ1) is 18.6. The van der Waals surface area contributed by atoms with Gasteiger partial charge in [0.15, 0.2) is 0 Å². The predicted molar refractivity (Wildman–Crippen MR) is 107 cm³/mol. The fourth-order valence-corrected chi connectivity index (χ4v) is 3.37. The summed E-state index contributed by atoms with van der Waals surface area (Å²) < 4.78 is 0.844. The van der Waals surface area contributed by atoms with Gasteiger partial charge in [0.05, 0.1) is 18.0 Å². The molecule has 3 rings (SSSR count). The third-order valence-electron chi connectivity index (χ3n) is 4.02. The van der Waals surface area contributed by atoms with Gasteiger partial charge in [-0.1, -0.05) is 28.1 Å². The minimum Gasteiger partial charge on any atom is -0.350 e. The lowest BCUT2D eigenvalue weighted by atomic mass is 9.95. The number of nitrogens with zero attached hydrogens (tertiary/aromatic N) is 3. The van der Waals surface area contributed by atoms with Crippen molar-refractivity contribution in [2.24, 2.45) is 10.9 Å². The zero-order valence-corrected chi connectivity index (χ0v) is 16.3. The number of aromatic nitrogens is 1. The average molecular weight is 433 g/mol. The van der Waals surface area contributed by atoms with Gasteiger partial charge < -0.3 is 5.32 Å². The van der Waals surface area contributed by atoms with E-state index >= 15 is 0 Å².